The highest BCUT2D eigenvalue weighted by Crippen LogP contribution is 2.11. The van der Waals surface area contributed by atoms with Gasteiger partial charge in [-0.25, -0.2) is 0 Å². The van der Waals surface area contributed by atoms with Crippen molar-refractivity contribution in [3.63, 3.8) is 0 Å². The normalized spacial score (nSPS) is 14.8. The molecule has 0 unspecified atom stereocenters. The van der Waals surface area contributed by atoms with E-state index in [-0.39, 0.29) is 17.2 Å². The molecule has 0 bridgehead atoms. The number of carbonyl (C=O) groups is 1. The van der Waals surface area contributed by atoms with E-state index in [1.165, 1.54) is 22.4 Å². The minimum Gasteiger partial charge on any atom is -0.335 e. The summed E-state index contributed by atoms with van der Waals surface area (Å²) in [7, 11) is 0. The van der Waals surface area contributed by atoms with Gasteiger partial charge in [0.2, 0.25) is 0 Å². The Morgan fingerprint density at radius 3 is 2.32 bits per heavy atom. The van der Waals surface area contributed by atoms with Crippen LogP contribution in [-0.2, 0) is 6.54 Å². The summed E-state index contributed by atoms with van der Waals surface area (Å²) >= 11 is 0. The van der Waals surface area contributed by atoms with Gasteiger partial charge in [-0.2, -0.15) is 9.78 Å². The third-order valence-corrected chi connectivity index (χ3v) is 4.84. The van der Waals surface area contributed by atoms with Crippen LogP contribution in [0.1, 0.15) is 16.1 Å². The number of hydrogen-bond donors (Lipinski definition) is 0. The Hall–Kier alpha value is -3.32. The molecule has 1 aromatic carbocycles. The molecule has 3 aromatic rings. The summed E-state index contributed by atoms with van der Waals surface area (Å²) in [6.07, 6.45) is 3.59. The highest BCUT2D eigenvalue weighted by Gasteiger charge is 2.23. The van der Waals surface area contributed by atoms with Gasteiger partial charge in [0.1, 0.15) is 5.69 Å². The molecule has 2 aromatic heterocycles. The zero-order chi connectivity index (χ0) is 19.3. The van der Waals surface area contributed by atoms with Crippen molar-refractivity contribution in [3.8, 4) is 5.69 Å². The molecule has 1 aliphatic heterocycles. The molecule has 4 rings (SSSR count). The molecule has 1 fully saturated rings. The molecule has 0 atom stereocenters. The molecule has 7 heteroatoms. The molecular formula is C21H21N5O2. The summed E-state index contributed by atoms with van der Waals surface area (Å²) in [6.45, 7) is 3.71. The van der Waals surface area contributed by atoms with Gasteiger partial charge in [-0.05, 0) is 35.9 Å². The van der Waals surface area contributed by atoms with E-state index in [9.17, 15) is 9.59 Å². The first-order chi connectivity index (χ1) is 13.7. The number of amides is 1. The number of piperazine rings is 1. The lowest BCUT2D eigenvalue weighted by Crippen LogP contribution is -2.48. The van der Waals surface area contributed by atoms with Gasteiger partial charge in [0.05, 0.1) is 5.69 Å². The van der Waals surface area contributed by atoms with E-state index in [1.807, 2.05) is 30.3 Å². The van der Waals surface area contributed by atoms with Crippen LogP contribution in [0.3, 0.4) is 0 Å². The van der Waals surface area contributed by atoms with Crippen molar-refractivity contribution in [2.24, 2.45) is 0 Å². The third kappa shape index (κ3) is 3.99. The second kappa shape index (κ2) is 8.14. The van der Waals surface area contributed by atoms with Crippen LogP contribution in [0.25, 0.3) is 5.69 Å². The van der Waals surface area contributed by atoms with E-state index < -0.39 is 0 Å². The number of aromatic nitrogens is 3. The summed E-state index contributed by atoms with van der Waals surface area (Å²) in [6, 6.07) is 16.0. The van der Waals surface area contributed by atoms with Gasteiger partial charge in [-0.3, -0.25) is 19.5 Å². The second-order valence-corrected chi connectivity index (χ2v) is 6.73. The number of nitrogens with zero attached hydrogens (tertiary/aromatic N) is 5. The fraction of sp³-hybridized carbons (Fsp3) is 0.238. The van der Waals surface area contributed by atoms with Crippen LogP contribution in [0, 0.1) is 0 Å². The number of para-hydroxylation sites is 1. The minimum atomic E-state index is -0.259. The standard InChI is InChI=1S/C21H21N5O2/c27-20-7-6-19(23-26(20)18-4-2-1-3-5-18)21(28)25-14-12-24(13-15-25)16-17-8-10-22-11-9-17/h1-11H,12-16H2. The Bertz CT molecular complexity index is 996. The lowest BCUT2D eigenvalue weighted by Gasteiger charge is -2.34. The van der Waals surface area contributed by atoms with Crippen LogP contribution >= 0.6 is 0 Å². The minimum absolute atomic E-state index is 0.145. The number of rotatable bonds is 4. The van der Waals surface area contributed by atoms with Crippen molar-refractivity contribution in [2.75, 3.05) is 26.2 Å². The predicted octanol–water partition coefficient (Wildman–Crippen LogP) is 1.59. The number of hydrogen-bond acceptors (Lipinski definition) is 5. The van der Waals surface area contributed by atoms with Crippen LogP contribution in [0.5, 0.6) is 0 Å². The molecule has 142 valence electrons. The zero-order valence-electron chi connectivity index (χ0n) is 15.4. The van der Waals surface area contributed by atoms with Crippen molar-refractivity contribution in [1.29, 1.82) is 0 Å². The third-order valence-electron chi connectivity index (χ3n) is 4.84. The molecule has 0 radical (unpaired) electrons. The van der Waals surface area contributed by atoms with Crippen molar-refractivity contribution >= 4 is 5.91 Å². The Kier molecular flexibility index (Phi) is 5.25. The molecule has 1 saturated heterocycles. The van der Waals surface area contributed by atoms with Gasteiger partial charge in [0.15, 0.2) is 0 Å². The van der Waals surface area contributed by atoms with Crippen molar-refractivity contribution in [3.05, 3.63) is 88.6 Å². The average molecular weight is 375 g/mol. The van der Waals surface area contributed by atoms with Crippen molar-refractivity contribution in [1.82, 2.24) is 24.6 Å². The number of carbonyl (C=O) groups excluding carboxylic acids is 1. The van der Waals surface area contributed by atoms with Gasteiger partial charge >= 0.3 is 0 Å². The SMILES string of the molecule is O=C(c1ccc(=O)n(-c2ccccc2)n1)N1CCN(Cc2ccncc2)CC1. The fourth-order valence-electron chi connectivity index (χ4n) is 3.30. The maximum absolute atomic E-state index is 12.9. The maximum Gasteiger partial charge on any atom is 0.274 e. The van der Waals surface area contributed by atoms with Gasteiger partial charge in [-0.1, -0.05) is 18.2 Å². The first kappa shape index (κ1) is 18.1. The summed E-state index contributed by atoms with van der Waals surface area (Å²) < 4.78 is 1.27. The smallest absolute Gasteiger partial charge is 0.274 e. The highest BCUT2D eigenvalue weighted by atomic mass is 16.2. The molecule has 0 aliphatic carbocycles. The van der Waals surface area contributed by atoms with E-state index in [0.29, 0.717) is 18.8 Å². The molecule has 0 spiro atoms. The predicted molar refractivity (Wildman–Crippen MR) is 105 cm³/mol. The molecule has 28 heavy (non-hydrogen) atoms. The van der Waals surface area contributed by atoms with Gasteiger partial charge in [-0.15, -0.1) is 0 Å². The van der Waals surface area contributed by atoms with Crippen molar-refractivity contribution < 1.29 is 4.79 Å². The first-order valence-corrected chi connectivity index (χ1v) is 9.27. The Labute approximate surface area is 162 Å². The Morgan fingerprint density at radius 1 is 0.893 bits per heavy atom. The second-order valence-electron chi connectivity index (χ2n) is 6.73. The quantitative estimate of drug-likeness (QED) is 0.693. The summed E-state index contributed by atoms with van der Waals surface area (Å²) in [5.41, 5.74) is 1.88. The molecule has 1 amide bonds. The largest absolute Gasteiger partial charge is 0.335 e. The van der Waals surface area contributed by atoms with E-state index >= 15 is 0 Å². The molecule has 0 saturated carbocycles. The van der Waals surface area contributed by atoms with Gasteiger partial charge in [0.25, 0.3) is 11.5 Å². The van der Waals surface area contributed by atoms with Crippen LogP contribution in [0.2, 0.25) is 0 Å². The Morgan fingerprint density at radius 2 is 1.61 bits per heavy atom. The zero-order valence-corrected chi connectivity index (χ0v) is 15.4. The highest BCUT2D eigenvalue weighted by molar-refractivity contribution is 5.92. The number of benzene rings is 1. The monoisotopic (exact) mass is 375 g/mol. The topological polar surface area (TPSA) is 71.3 Å². The van der Waals surface area contributed by atoms with Crippen LogP contribution < -0.4 is 5.56 Å². The van der Waals surface area contributed by atoms with Crippen LogP contribution in [0.15, 0.2) is 71.8 Å². The summed E-state index contributed by atoms with van der Waals surface area (Å²) in [5.74, 6) is -0.145. The van der Waals surface area contributed by atoms with Gasteiger partial charge < -0.3 is 4.90 Å². The molecule has 1 aliphatic rings. The fourth-order valence-corrected chi connectivity index (χ4v) is 3.30. The van der Waals surface area contributed by atoms with E-state index in [1.54, 1.807) is 29.4 Å². The molecule has 7 nitrogen and oxygen atoms in total. The van der Waals surface area contributed by atoms with Crippen LogP contribution in [-0.4, -0.2) is 56.7 Å². The van der Waals surface area contributed by atoms with Crippen LogP contribution in [0.4, 0.5) is 0 Å². The van der Waals surface area contributed by atoms with E-state index in [2.05, 4.69) is 15.0 Å². The molecular weight excluding hydrogens is 354 g/mol. The summed E-state index contributed by atoms with van der Waals surface area (Å²) in [4.78, 5) is 33.2. The number of pyridine rings is 1. The lowest BCUT2D eigenvalue weighted by atomic mass is 10.2. The van der Waals surface area contributed by atoms with Crippen molar-refractivity contribution in [2.45, 2.75) is 6.54 Å². The lowest BCUT2D eigenvalue weighted by molar-refractivity contribution is 0.0620. The molecule has 3 heterocycles. The van der Waals surface area contributed by atoms with E-state index in [0.717, 1.165) is 19.6 Å². The van der Waals surface area contributed by atoms with Gasteiger partial charge in [0, 0.05) is 51.2 Å². The average Bonchev–Trinajstić information content (AvgIpc) is 2.75. The maximum atomic E-state index is 12.9. The Balaban J connectivity index is 1.44. The summed E-state index contributed by atoms with van der Waals surface area (Å²) in [5, 5.41) is 4.30. The molecule has 0 N–H and O–H groups in total. The van der Waals surface area contributed by atoms with E-state index in [4.69, 9.17) is 0 Å². The first-order valence-electron chi connectivity index (χ1n) is 9.27.